The van der Waals surface area contributed by atoms with Crippen LogP contribution in [0.5, 0.6) is 0 Å². The molecule has 0 unspecified atom stereocenters. The van der Waals surface area contributed by atoms with Gasteiger partial charge in [-0.2, -0.15) is 5.10 Å². The number of anilines is 1. The van der Waals surface area contributed by atoms with Crippen molar-refractivity contribution >= 4 is 17.8 Å². The third kappa shape index (κ3) is 4.05. The summed E-state index contributed by atoms with van der Waals surface area (Å²) in [6, 6.07) is 1.46. The highest BCUT2D eigenvalue weighted by Gasteiger charge is 2.38. The first-order valence-electron chi connectivity index (χ1n) is 8.11. The van der Waals surface area contributed by atoms with E-state index in [-0.39, 0.29) is 18.0 Å². The molecule has 1 aliphatic heterocycles. The standard InChI is InChI=1S/C16H27N5O3/c1-15(2,3)11-9-12(21(4)20-11)19-14(23)18-10-16(13(17)22)5-7-24-8-6-16/h9H,5-8,10H2,1-4H3,(H2,17,22)(H2,18,19,23). The Kier molecular flexibility index (Phi) is 5.17. The van der Waals surface area contributed by atoms with Crippen molar-refractivity contribution in [2.45, 2.75) is 39.0 Å². The molecule has 1 aromatic heterocycles. The van der Waals surface area contributed by atoms with Crippen LogP contribution < -0.4 is 16.4 Å². The summed E-state index contributed by atoms with van der Waals surface area (Å²) in [5.41, 5.74) is 5.58. The number of hydrogen-bond acceptors (Lipinski definition) is 4. The lowest BCUT2D eigenvalue weighted by Gasteiger charge is -2.34. The number of aromatic nitrogens is 2. The highest BCUT2D eigenvalue weighted by atomic mass is 16.5. The van der Waals surface area contributed by atoms with Crippen LogP contribution in [0.1, 0.15) is 39.3 Å². The Morgan fingerprint density at radius 2 is 2.00 bits per heavy atom. The minimum absolute atomic E-state index is 0.105. The molecule has 0 spiro atoms. The number of urea groups is 1. The second-order valence-corrected chi connectivity index (χ2v) is 7.35. The Morgan fingerprint density at radius 3 is 2.50 bits per heavy atom. The van der Waals surface area contributed by atoms with Gasteiger partial charge >= 0.3 is 6.03 Å². The van der Waals surface area contributed by atoms with E-state index >= 15 is 0 Å². The Bertz CT molecular complexity index is 612. The minimum atomic E-state index is -0.737. The maximum Gasteiger partial charge on any atom is 0.320 e. The van der Waals surface area contributed by atoms with Crippen LogP contribution in [0.25, 0.3) is 0 Å². The molecule has 1 fully saturated rings. The van der Waals surface area contributed by atoms with E-state index < -0.39 is 11.3 Å². The van der Waals surface area contributed by atoms with E-state index in [1.807, 2.05) is 6.07 Å². The van der Waals surface area contributed by atoms with E-state index in [2.05, 4.69) is 36.5 Å². The maximum absolute atomic E-state index is 12.2. The molecule has 8 heteroatoms. The molecule has 8 nitrogen and oxygen atoms in total. The summed E-state index contributed by atoms with van der Waals surface area (Å²) in [5.74, 6) is 0.194. The molecule has 3 amide bonds. The van der Waals surface area contributed by atoms with Crippen molar-refractivity contribution < 1.29 is 14.3 Å². The third-order valence-corrected chi connectivity index (χ3v) is 4.45. The normalized spacial score (nSPS) is 17.3. The van der Waals surface area contributed by atoms with E-state index in [0.717, 1.165) is 5.69 Å². The molecular weight excluding hydrogens is 310 g/mol. The number of rotatable bonds is 4. The average molecular weight is 337 g/mol. The van der Waals surface area contributed by atoms with Crippen molar-refractivity contribution in [1.29, 1.82) is 0 Å². The zero-order valence-corrected chi connectivity index (χ0v) is 14.8. The molecule has 0 aromatic carbocycles. The van der Waals surface area contributed by atoms with Crippen LogP contribution in [-0.4, -0.2) is 41.5 Å². The van der Waals surface area contributed by atoms with E-state index in [0.29, 0.717) is 31.9 Å². The van der Waals surface area contributed by atoms with Gasteiger partial charge in [0.05, 0.1) is 11.1 Å². The van der Waals surface area contributed by atoms with Gasteiger partial charge in [0.15, 0.2) is 0 Å². The highest BCUT2D eigenvalue weighted by Crippen LogP contribution is 2.29. The van der Waals surface area contributed by atoms with Gasteiger partial charge in [0, 0.05) is 38.3 Å². The van der Waals surface area contributed by atoms with Gasteiger partial charge in [-0.3, -0.25) is 14.8 Å². The van der Waals surface area contributed by atoms with Crippen molar-refractivity contribution in [2.75, 3.05) is 25.1 Å². The van der Waals surface area contributed by atoms with Gasteiger partial charge in [-0.15, -0.1) is 0 Å². The predicted octanol–water partition coefficient (Wildman–Crippen LogP) is 1.12. The SMILES string of the molecule is Cn1nc(C(C)(C)C)cc1NC(=O)NCC1(C(N)=O)CCOCC1. The number of aryl methyl sites for hydroxylation is 1. The molecule has 1 aromatic rings. The van der Waals surface area contributed by atoms with Gasteiger partial charge in [-0.25, -0.2) is 4.79 Å². The fourth-order valence-corrected chi connectivity index (χ4v) is 2.63. The molecule has 134 valence electrons. The monoisotopic (exact) mass is 337 g/mol. The Morgan fingerprint density at radius 1 is 1.38 bits per heavy atom. The summed E-state index contributed by atoms with van der Waals surface area (Å²) < 4.78 is 6.90. The van der Waals surface area contributed by atoms with Crippen molar-refractivity contribution in [3.63, 3.8) is 0 Å². The minimum Gasteiger partial charge on any atom is -0.381 e. The van der Waals surface area contributed by atoms with E-state index in [1.54, 1.807) is 11.7 Å². The number of carbonyl (C=O) groups excluding carboxylic acids is 2. The summed E-state index contributed by atoms with van der Waals surface area (Å²) in [4.78, 5) is 24.0. The Hall–Kier alpha value is -2.09. The first-order chi connectivity index (χ1) is 11.1. The smallest absolute Gasteiger partial charge is 0.320 e. The zero-order valence-electron chi connectivity index (χ0n) is 14.8. The lowest BCUT2D eigenvalue weighted by Crippen LogP contribution is -2.50. The van der Waals surface area contributed by atoms with Gasteiger partial charge in [0.1, 0.15) is 5.82 Å². The van der Waals surface area contributed by atoms with Gasteiger partial charge in [-0.05, 0) is 12.8 Å². The topological polar surface area (TPSA) is 111 Å². The molecule has 1 saturated heterocycles. The fraction of sp³-hybridized carbons (Fsp3) is 0.688. The number of nitrogens with two attached hydrogens (primary N) is 1. The highest BCUT2D eigenvalue weighted by molar-refractivity contribution is 5.89. The largest absolute Gasteiger partial charge is 0.381 e. The zero-order chi connectivity index (χ0) is 18.0. The van der Waals surface area contributed by atoms with E-state index in [4.69, 9.17) is 10.5 Å². The summed E-state index contributed by atoms with van der Waals surface area (Å²) in [6.07, 6.45) is 1.03. The quantitative estimate of drug-likeness (QED) is 0.764. The van der Waals surface area contributed by atoms with Crippen LogP contribution in [0.2, 0.25) is 0 Å². The lowest BCUT2D eigenvalue weighted by molar-refractivity contribution is -0.132. The number of amides is 3. The molecule has 1 aliphatic rings. The van der Waals surface area contributed by atoms with Crippen LogP contribution in [0.15, 0.2) is 6.07 Å². The number of carbonyl (C=O) groups is 2. The molecule has 0 aliphatic carbocycles. The molecule has 0 saturated carbocycles. The molecule has 2 heterocycles. The molecule has 0 bridgehead atoms. The molecule has 2 rings (SSSR count). The first-order valence-corrected chi connectivity index (χ1v) is 8.11. The summed E-state index contributed by atoms with van der Waals surface area (Å²) in [6.45, 7) is 7.32. The van der Waals surface area contributed by atoms with Crippen molar-refractivity contribution in [2.24, 2.45) is 18.2 Å². The molecular formula is C16H27N5O3. The molecule has 4 N–H and O–H groups in total. The predicted molar refractivity (Wildman–Crippen MR) is 90.6 cm³/mol. The number of primary amides is 1. The molecule has 24 heavy (non-hydrogen) atoms. The number of nitrogens with one attached hydrogen (secondary N) is 2. The number of hydrogen-bond donors (Lipinski definition) is 3. The van der Waals surface area contributed by atoms with Crippen LogP contribution >= 0.6 is 0 Å². The summed E-state index contributed by atoms with van der Waals surface area (Å²) in [5, 5.41) is 9.93. The number of nitrogens with zero attached hydrogens (tertiary/aromatic N) is 2. The Labute approximate surface area is 142 Å². The molecule has 0 radical (unpaired) electrons. The van der Waals surface area contributed by atoms with Crippen LogP contribution in [0, 0.1) is 5.41 Å². The molecule has 0 atom stereocenters. The van der Waals surface area contributed by atoms with Crippen molar-refractivity contribution in [1.82, 2.24) is 15.1 Å². The second kappa shape index (κ2) is 6.80. The fourth-order valence-electron chi connectivity index (χ4n) is 2.63. The van der Waals surface area contributed by atoms with Crippen molar-refractivity contribution in [3.05, 3.63) is 11.8 Å². The van der Waals surface area contributed by atoms with Gasteiger partial charge in [-0.1, -0.05) is 20.8 Å². The van der Waals surface area contributed by atoms with Gasteiger partial charge in [0.25, 0.3) is 0 Å². The lowest BCUT2D eigenvalue weighted by atomic mass is 9.79. The van der Waals surface area contributed by atoms with Gasteiger partial charge < -0.3 is 15.8 Å². The Balaban J connectivity index is 1.98. The van der Waals surface area contributed by atoms with Crippen molar-refractivity contribution in [3.8, 4) is 0 Å². The van der Waals surface area contributed by atoms with E-state index in [9.17, 15) is 9.59 Å². The van der Waals surface area contributed by atoms with Crippen LogP contribution in [0.4, 0.5) is 10.6 Å². The van der Waals surface area contributed by atoms with E-state index in [1.165, 1.54) is 0 Å². The number of ether oxygens (including phenoxy) is 1. The second-order valence-electron chi connectivity index (χ2n) is 7.35. The average Bonchev–Trinajstić information content (AvgIpc) is 2.87. The van der Waals surface area contributed by atoms with Crippen LogP contribution in [0.3, 0.4) is 0 Å². The third-order valence-electron chi connectivity index (χ3n) is 4.45. The summed E-state index contributed by atoms with van der Waals surface area (Å²) >= 11 is 0. The maximum atomic E-state index is 12.2. The van der Waals surface area contributed by atoms with Gasteiger partial charge in [0.2, 0.25) is 5.91 Å². The van der Waals surface area contributed by atoms with Crippen LogP contribution in [-0.2, 0) is 22.0 Å². The summed E-state index contributed by atoms with van der Waals surface area (Å²) in [7, 11) is 1.77. The first kappa shape index (κ1) is 18.3.